The lowest BCUT2D eigenvalue weighted by Gasteiger charge is -2.41. The first kappa shape index (κ1) is 9.00. The average molecular weight is 183 g/mol. The lowest BCUT2D eigenvalue weighted by Crippen LogP contribution is -2.50. The van der Waals surface area contributed by atoms with Gasteiger partial charge in [-0.1, -0.05) is 13.3 Å². The van der Waals surface area contributed by atoms with E-state index in [0.717, 1.165) is 25.9 Å². The molecule has 3 heteroatoms. The van der Waals surface area contributed by atoms with Crippen LogP contribution in [-0.2, 0) is 9.53 Å². The maximum absolute atomic E-state index is 12.0. The zero-order valence-electron chi connectivity index (χ0n) is 8.21. The SMILES string of the molecule is CC1(C(=O)N2CCOCC2)CCC1. The molecule has 2 rings (SSSR count). The van der Waals surface area contributed by atoms with Crippen LogP contribution in [0.15, 0.2) is 0 Å². The van der Waals surface area contributed by atoms with Gasteiger partial charge in [-0.3, -0.25) is 4.79 Å². The molecular weight excluding hydrogens is 166 g/mol. The molecule has 1 saturated heterocycles. The van der Waals surface area contributed by atoms with Crippen molar-refractivity contribution in [2.24, 2.45) is 5.41 Å². The van der Waals surface area contributed by atoms with E-state index in [1.54, 1.807) is 0 Å². The fourth-order valence-corrected chi connectivity index (χ4v) is 2.07. The number of carbonyl (C=O) groups excluding carboxylic acids is 1. The van der Waals surface area contributed by atoms with Crippen LogP contribution in [0.4, 0.5) is 0 Å². The van der Waals surface area contributed by atoms with Crippen LogP contribution in [0, 0.1) is 5.41 Å². The molecule has 1 amide bonds. The van der Waals surface area contributed by atoms with Crippen LogP contribution in [0.25, 0.3) is 0 Å². The van der Waals surface area contributed by atoms with Gasteiger partial charge in [-0.15, -0.1) is 0 Å². The smallest absolute Gasteiger partial charge is 0.228 e. The molecule has 0 aromatic heterocycles. The lowest BCUT2D eigenvalue weighted by atomic mass is 9.69. The highest BCUT2D eigenvalue weighted by Crippen LogP contribution is 2.41. The van der Waals surface area contributed by atoms with Crippen molar-refractivity contribution in [3.63, 3.8) is 0 Å². The van der Waals surface area contributed by atoms with Gasteiger partial charge in [0.05, 0.1) is 13.2 Å². The third-order valence-corrected chi connectivity index (χ3v) is 3.27. The maximum Gasteiger partial charge on any atom is 0.228 e. The first-order valence-corrected chi connectivity index (χ1v) is 5.09. The Hall–Kier alpha value is -0.570. The van der Waals surface area contributed by atoms with Gasteiger partial charge >= 0.3 is 0 Å². The fraction of sp³-hybridized carbons (Fsp3) is 0.900. The zero-order valence-corrected chi connectivity index (χ0v) is 8.21. The summed E-state index contributed by atoms with van der Waals surface area (Å²) in [5.41, 5.74) is -0.0304. The Labute approximate surface area is 79.0 Å². The normalized spacial score (nSPS) is 26.7. The molecule has 0 spiro atoms. The molecule has 2 aliphatic rings. The number of carbonyl (C=O) groups is 1. The number of hydrogen-bond acceptors (Lipinski definition) is 2. The van der Waals surface area contributed by atoms with E-state index in [9.17, 15) is 4.79 Å². The van der Waals surface area contributed by atoms with Crippen LogP contribution in [0.1, 0.15) is 26.2 Å². The van der Waals surface area contributed by atoms with Crippen molar-refractivity contribution < 1.29 is 9.53 Å². The molecule has 0 unspecified atom stereocenters. The second-order valence-corrected chi connectivity index (χ2v) is 4.32. The van der Waals surface area contributed by atoms with E-state index in [1.807, 2.05) is 4.90 Å². The molecule has 3 nitrogen and oxygen atoms in total. The van der Waals surface area contributed by atoms with Crippen molar-refractivity contribution >= 4 is 5.91 Å². The third-order valence-electron chi connectivity index (χ3n) is 3.27. The van der Waals surface area contributed by atoms with Crippen molar-refractivity contribution in [1.82, 2.24) is 4.90 Å². The predicted octanol–water partition coefficient (Wildman–Crippen LogP) is 1.04. The second kappa shape index (κ2) is 3.29. The van der Waals surface area contributed by atoms with Gasteiger partial charge < -0.3 is 9.64 Å². The highest BCUT2D eigenvalue weighted by atomic mass is 16.5. The zero-order chi connectivity index (χ0) is 9.31. The van der Waals surface area contributed by atoms with Gasteiger partial charge in [-0.05, 0) is 12.8 Å². The van der Waals surface area contributed by atoms with Gasteiger partial charge in [0.15, 0.2) is 0 Å². The minimum atomic E-state index is -0.0304. The van der Waals surface area contributed by atoms with Gasteiger partial charge in [0.25, 0.3) is 0 Å². The molecule has 0 N–H and O–H groups in total. The Morgan fingerprint density at radius 1 is 1.31 bits per heavy atom. The average Bonchev–Trinajstić information content (AvgIpc) is 2.14. The number of rotatable bonds is 1. The molecular formula is C10H17NO2. The number of morpholine rings is 1. The Morgan fingerprint density at radius 2 is 1.92 bits per heavy atom. The van der Waals surface area contributed by atoms with E-state index < -0.39 is 0 Å². The van der Waals surface area contributed by atoms with Crippen LogP contribution < -0.4 is 0 Å². The van der Waals surface area contributed by atoms with E-state index in [0.29, 0.717) is 19.1 Å². The third kappa shape index (κ3) is 1.57. The van der Waals surface area contributed by atoms with Gasteiger partial charge in [-0.25, -0.2) is 0 Å². The predicted molar refractivity (Wildman–Crippen MR) is 49.4 cm³/mol. The summed E-state index contributed by atoms with van der Waals surface area (Å²) in [6.07, 6.45) is 3.36. The number of nitrogens with zero attached hydrogens (tertiary/aromatic N) is 1. The minimum absolute atomic E-state index is 0.0304. The van der Waals surface area contributed by atoms with Crippen LogP contribution in [0.2, 0.25) is 0 Å². The van der Waals surface area contributed by atoms with Crippen LogP contribution in [-0.4, -0.2) is 37.1 Å². The van der Waals surface area contributed by atoms with Crippen molar-refractivity contribution in [2.45, 2.75) is 26.2 Å². The first-order chi connectivity index (χ1) is 6.22. The summed E-state index contributed by atoms with van der Waals surface area (Å²) >= 11 is 0. The van der Waals surface area contributed by atoms with Crippen molar-refractivity contribution in [2.75, 3.05) is 26.3 Å². The molecule has 1 aliphatic heterocycles. The summed E-state index contributed by atoms with van der Waals surface area (Å²) in [7, 11) is 0. The number of ether oxygens (including phenoxy) is 1. The molecule has 13 heavy (non-hydrogen) atoms. The second-order valence-electron chi connectivity index (χ2n) is 4.32. The Kier molecular flexibility index (Phi) is 2.28. The summed E-state index contributed by atoms with van der Waals surface area (Å²) < 4.78 is 5.22. The molecule has 0 aromatic rings. The van der Waals surface area contributed by atoms with Crippen LogP contribution in [0.3, 0.4) is 0 Å². The maximum atomic E-state index is 12.0. The van der Waals surface area contributed by atoms with Gasteiger partial charge in [0.2, 0.25) is 5.91 Å². The summed E-state index contributed by atoms with van der Waals surface area (Å²) in [5, 5.41) is 0. The highest BCUT2D eigenvalue weighted by molar-refractivity contribution is 5.83. The number of amides is 1. The fourth-order valence-electron chi connectivity index (χ4n) is 2.07. The van der Waals surface area contributed by atoms with Crippen molar-refractivity contribution in [1.29, 1.82) is 0 Å². The van der Waals surface area contributed by atoms with E-state index in [1.165, 1.54) is 6.42 Å². The minimum Gasteiger partial charge on any atom is -0.378 e. The Bertz CT molecular complexity index is 205. The highest BCUT2D eigenvalue weighted by Gasteiger charge is 2.41. The van der Waals surface area contributed by atoms with Crippen molar-refractivity contribution in [3.8, 4) is 0 Å². The molecule has 1 aliphatic carbocycles. The molecule has 0 bridgehead atoms. The summed E-state index contributed by atoms with van der Waals surface area (Å²) in [6, 6.07) is 0. The lowest BCUT2D eigenvalue weighted by molar-refractivity contribution is -0.150. The van der Waals surface area contributed by atoms with E-state index in [2.05, 4.69) is 6.92 Å². The van der Waals surface area contributed by atoms with E-state index in [-0.39, 0.29) is 5.41 Å². The molecule has 0 radical (unpaired) electrons. The summed E-state index contributed by atoms with van der Waals surface area (Å²) in [4.78, 5) is 13.9. The summed E-state index contributed by atoms with van der Waals surface area (Å²) in [6.45, 7) is 5.08. The summed E-state index contributed by atoms with van der Waals surface area (Å²) in [5.74, 6) is 0.349. The van der Waals surface area contributed by atoms with Crippen LogP contribution >= 0.6 is 0 Å². The van der Waals surface area contributed by atoms with Gasteiger partial charge in [-0.2, -0.15) is 0 Å². The Morgan fingerprint density at radius 3 is 2.38 bits per heavy atom. The van der Waals surface area contributed by atoms with Crippen molar-refractivity contribution in [3.05, 3.63) is 0 Å². The monoisotopic (exact) mass is 183 g/mol. The van der Waals surface area contributed by atoms with Gasteiger partial charge in [0.1, 0.15) is 0 Å². The molecule has 1 heterocycles. The van der Waals surface area contributed by atoms with Gasteiger partial charge in [0, 0.05) is 18.5 Å². The standard InChI is InChI=1S/C10H17NO2/c1-10(3-2-4-10)9(12)11-5-7-13-8-6-11/h2-8H2,1H3. The Balaban J connectivity index is 1.95. The first-order valence-electron chi connectivity index (χ1n) is 5.09. The number of hydrogen-bond donors (Lipinski definition) is 0. The molecule has 0 aromatic carbocycles. The molecule has 74 valence electrons. The molecule has 2 fully saturated rings. The quantitative estimate of drug-likeness (QED) is 0.608. The van der Waals surface area contributed by atoms with E-state index >= 15 is 0 Å². The molecule has 0 atom stereocenters. The van der Waals surface area contributed by atoms with Crippen LogP contribution in [0.5, 0.6) is 0 Å². The molecule has 1 saturated carbocycles. The van der Waals surface area contributed by atoms with E-state index in [4.69, 9.17) is 4.74 Å². The largest absolute Gasteiger partial charge is 0.378 e. The topological polar surface area (TPSA) is 29.5 Å².